The molecular formula is C11H8Cl2N2O2. The van der Waals surface area contributed by atoms with Crippen molar-refractivity contribution >= 4 is 34.9 Å². The Hall–Kier alpha value is -1.70. The van der Waals surface area contributed by atoms with Crippen molar-refractivity contribution in [1.82, 2.24) is 0 Å². The fraction of sp³-hybridized carbons (Fsp3) is 0.0909. The van der Waals surface area contributed by atoms with Crippen LogP contribution in [0.5, 0.6) is 0 Å². The smallest absolute Gasteiger partial charge is 0.350 e. The summed E-state index contributed by atoms with van der Waals surface area (Å²) < 4.78 is 4.42. The lowest BCUT2D eigenvalue weighted by atomic mass is 10.3. The fourth-order valence-electron chi connectivity index (χ4n) is 1.04. The van der Waals surface area contributed by atoms with Crippen molar-refractivity contribution in [1.29, 1.82) is 5.26 Å². The number of hydrogen-bond donors (Lipinski definition) is 1. The van der Waals surface area contributed by atoms with E-state index in [2.05, 4.69) is 10.1 Å². The Kier molecular flexibility index (Phi) is 4.83. The number of benzene rings is 1. The number of rotatable bonds is 3. The number of halogens is 2. The number of hydrogen-bond acceptors (Lipinski definition) is 4. The number of anilines is 1. The van der Waals surface area contributed by atoms with Gasteiger partial charge in [0.2, 0.25) is 0 Å². The van der Waals surface area contributed by atoms with Crippen molar-refractivity contribution < 1.29 is 9.53 Å². The van der Waals surface area contributed by atoms with Gasteiger partial charge in [0.05, 0.1) is 7.11 Å². The van der Waals surface area contributed by atoms with Gasteiger partial charge in [-0.1, -0.05) is 23.2 Å². The van der Waals surface area contributed by atoms with E-state index in [1.165, 1.54) is 13.3 Å². The number of ether oxygens (including phenoxy) is 1. The molecule has 0 unspecified atom stereocenters. The Morgan fingerprint density at radius 1 is 1.41 bits per heavy atom. The van der Waals surface area contributed by atoms with E-state index >= 15 is 0 Å². The van der Waals surface area contributed by atoms with Gasteiger partial charge in [0.25, 0.3) is 0 Å². The van der Waals surface area contributed by atoms with E-state index in [1.54, 1.807) is 24.3 Å². The predicted molar refractivity (Wildman–Crippen MR) is 65.8 cm³/mol. The van der Waals surface area contributed by atoms with Crippen molar-refractivity contribution in [2.45, 2.75) is 0 Å². The van der Waals surface area contributed by atoms with Gasteiger partial charge in [-0.15, -0.1) is 0 Å². The SMILES string of the molecule is COC(=O)C(C#N)=CNc1cc(Cl)cc(Cl)c1. The lowest BCUT2D eigenvalue weighted by molar-refractivity contribution is -0.135. The molecule has 0 aliphatic carbocycles. The largest absolute Gasteiger partial charge is 0.465 e. The summed E-state index contributed by atoms with van der Waals surface area (Å²) in [7, 11) is 1.20. The molecule has 0 aromatic heterocycles. The maximum Gasteiger partial charge on any atom is 0.350 e. The first-order valence-corrected chi connectivity index (χ1v) is 5.23. The van der Waals surface area contributed by atoms with Crippen LogP contribution in [0.2, 0.25) is 10.0 Å². The lowest BCUT2D eigenvalue weighted by Crippen LogP contribution is -2.05. The van der Waals surface area contributed by atoms with Gasteiger partial charge in [0.1, 0.15) is 6.07 Å². The van der Waals surface area contributed by atoms with Crippen LogP contribution in [-0.2, 0) is 9.53 Å². The first kappa shape index (κ1) is 13.4. The molecule has 0 fully saturated rings. The highest BCUT2D eigenvalue weighted by atomic mass is 35.5. The molecule has 0 aliphatic rings. The third kappa shape index (κ3) is 3.99. The normalized spacial score (nSPS) is 10.6. The van der Waals surface area contributed by atoms with Crippen molar-refractivity contribution in [3.63, 3.8) is 0 Å². The number of nitriles is 1. The average Bonchev–Trinajstić information content (AvgIpc) is 2.28. The number of carbonyl (C=O) groups is 1. The summed E-state index contributed by atoms with van der Waals surface area (Å²) in [5.74, 6) is -0.715. The van der Waals surface area contributed by atoms with Crippen LogP contribution in [-0.4, -0.2) is 13.1 Å². The van der Waals surface area contributed by atoms with Crippen molar-refractivity contribution in [3.05, 3.63) is 40.0 Å². The van der Waals surface area contributed by atoms with E-state index in [9.17, 15) is 4.79 Å². The molecule has 1 rings (SSSR count). The van der Waals surface area contributed by atoms with E-state index in [4.69, 9.17) is 28.5 Å². The second-order valence-corrected chi connectivity index (χ2v) is 3.84. The quantitative estimate of drug-likeness (QED) is 0.521. The first-order chi connectivity index (χ1) is 8.06. The maximum atomic E-state index is 11.1. The van der Waals surface area contributed by atoms with Gasteiger partial charge in [-0.2, -0.15) is 5.26 Å². The van der Waals surface area contributed by atoms with Gasteiger partial charge in [-0.05, 0) is 18.2 Å². The maximum absolute atomic E-state index is 11.1. The summed E-state index contributed by atoms with van der Waals surface area (Å²) in [4.78, 5) is 11.1. The highest BCUT2D eigenvalue weighted by Gasteiger charge is 2.07. The van der Waals surface area contributed by atoms with E-state index in [0.29, 0.717) is 15.7 Å². The monoisotopic (exact) mass is 270 g/mol. The first-order valence-electron chi connectivity index (χ1n) is 4.48. The van der Waals surface area contributed by atoms with Gasteiger partial charge in [-0.3, -0.25) is 0 Å². The molecule has 0 saturated heterocycles. The molecule has 1 aromatic rings. The predicted octanol–water partition coefficient (Wildman–Crippen LogP) is 2.99. The zero-order valence-corrected chi connectivity index (χ0v) is 10.3. The van der Waals surface area contributed by atoms with E-state index in [0.717, 1.165) is 0 Å². The van der Waals surface area contributed by atoms with Gasteiger partial charge < -0.3 is 10.1 Å². The molecule has 6 heteroatoms. The highest BCUT2D eigenvalue weighted by Crippen LogP contribution is 2.22. The van der Waals surface area contributed by atoms with Gasteiger partial charge in [0.15, 0.2) is 5.57 Å². The second-order valence-electron chi connectivity index (χ2n) is 2.96. The number of nitrogens with zero attached hydrogens (tertiary/aromatic N) is 1. The zero-order valence-electron chi connectivity index (χ0n) is 8.83. The molecule has 0 amide bonds. The number of esters is 1. The number of nitrogens with one attached hydrogen (secondary N) is 1. The van der Waals surface area contributed by atoms with Crippen LogP contribution < -0.4 is 5.32 Å². The van der Waals surface area contributed by atoms with Gasteiger partial charge in [0, 0.05) is 21.9 Å². The van der Waals surface area contributed by atoms with Crippen LogP contribution in [0, 0.1) is 11.3 Å². The van der Waals surface area contributed by atoms with Crippen LogP contribution in [0.3, 0.4) is 0 Å². The molecule has 0 aliphatic heterocycles. The number of carbonyl (C=O) groups excluding carboxylic acids is 1. The lowest BCUT2D eigenvalue weighted by Gasteiger charge is -2.03. The topological polar surface area (TPSA) is 62.1 Å². The van der Waals surface area contributed by atoms with E-state index < -0.39 is 5.97 Å². The Morgan fingerprint density at radius 2 is 2.00 bits per heavy atom. The minimum absolute atomic E-state index is 0.149. The minimum atomic E-state index is -0.715. The molecule has 4 nitrogen and oxygen atoms in total. The third-order valence-electron chi connectivity index (χ3n) is 1.77. The van der Waals surface area contributed by atoms with Crippen LogP contribution in [0.15, 0.2) is 30.0 Å². The highest BCUT2D eigenvalue weighted by molar-refractivity contribution is 6.35. The van der Waals surface area contributed by atoms with Crippen molar-refractivity contribution in [3.8, 4) is 6.07 Å². The summed E-state index contributed by atoms with van der Waals surface area (Å²) in [5, 5.41) is 12.3. The van der Waals surface area contributed by atoms with Crippen LogP contribution >= 0.6 is 23.2 Å². The summed E-state index contributed by atoms with van der Waals surface area (Å²) in [5.41, 5.74) is 0.419. The van der Waals surface area contributed by atoms with Crippen LogP contribution in [0.4, 0.5) is 5.69 Å². The third-order valence-corrected chi connectivity index (χ3v) is 2.21. The van der Waals surface area contributed by atoms with Crippen molar-refractivity contribution in [2.24, 2.45) is 0 Å². The Bertz CT molecular complexity index is 486. The minimum Gasteiger partial charge on any atom is -0.465 e. The Morgan fingerprint density at radius 3 is 2.47 bits per heavy atom. The number of methoxy groups -OCH3 is 1. The fourth-order valence-corrected chi connectivity index (χ4v) is 1.57. The molecule has 0 atom stereocenters. The second kappa shape index (κ2) is 6.14. The molecule has 17 heavy (non-hydrogen) atoms. The summed E-state index contributed by atoms with van der Waals surface area (Å²) in [6.07, 6.45) is 1.23. The van der Waals surface area contributed by atoms with Gasteiger partial charge in [-0.25, -0.2) is 4.79 Å². The molecular weight excluding hydrogens is 263 g/mol. The summed E-state index contributed by atoms with van der Waals surface area (Å²) in [6, 6.07) is 6.50. The molecule has 0 heterocycles. The van der Waals surface area contributed by atoms with E-state index in [-0.39, 0.29) is 5.57 Å². The Labute approximate surface area is 108 Å². The molecule has 0 spiro atoms. The molecule has 88 valence electrons. The van der Waals surface area contributed by atoms with Crippen LogP contribution in [0.25, 0.3) is 0 Å². The van der Waals surface area contributed by atoms with Gasteiger partial charge >= 0.3 is 5.97 Å². The van der Waals surface area contributed by atoms with E-state index in [1.807, 2.05) is 0 Å². The molecule has 0 radical (unpaired) electrons. The summed E-state index contributed by atoms with van der Waals surface area (Å²) >= 11 is 11.6. The standard InChI is InChI=1S/C11H8Cl2N2O2/c1-17-11(16)7(5-14)6-15-10-3-8(12)2-9(13)4-10/h2-4,6,15H,1H3. The zero-order chi connectivity index (χ0) is 12.8. The summed E-state index contributed by atoms with van der Waals surface area (Å²) in [6.45, 7) is 0. The van der Waals surface area contributed by atoms with Crippen LogP contribution in [0.1, 0.15) is 0 Å². The van der Waals surface area contributed by atoms with Crippen molar-refractivity contribution in [2.75, 3.05) is 12.4 Å². The average molecular weight is 271 g/mol. The molecule has 0 bridgehead atoms. The molecule has 1 N–H and O–H groups in total. The Balaban J connectivity index is 2.88. The molecule has 1 aromatic carbocycles. The molecule has 0 saturated carbocycles.